The van der Waals surface area contributed by atoms with Crippen molar-refractivity contribution < 1.29 is 10.0 Å². The summed E-state index contributed by atoms with van der Waals surface area (Å²) < 4.78 is 0. The van der Waals surface area contributed by atoms with Gasteiger partial charge in [0.15, 0.2) is 5.84 Å². The summed E-state index contributed by atoms with van der Waals surface area (Å²) in [4.78, 5) is 15.2. The van der Waals surface area contributed by atoms with E-state index in [4.69, 9.17) is 10.9 Å². The number of fused-ring (bicyclic) bond motifs is 1. The van der Waals surface area contributed by atoms with Crippen molar-refractivity contribution in [2.24, 2.45) is 22.2 Å². The van der Waals surface area contributed by atoms with Gasteiger partial charge in [-0.2, -0.15) is 0 Å². The van der Waals surface area contributed by atoms with Gasteiger partial charge in [-0.05, 0) is 51.0 Å². The standard InChI is InChI=1S/C15H26N4O2/c1-10-8-15(9-10,13(16)18-21)14(20)17-11-4-6-19-5-2-3-12(19)7-11/h10-12,21H,2-9H2,1H3,(H2,16,18)(H,17,20). The maximum absolute atomic E-state index is 12.7. The van der Waals surface area contributed by atoms with E-state index in [0.29, 0.717) is 24.8 Å². The highest BCUT2D eigenvalue weighted by atomic mass is 16.4. The topological polar surface area (TPSA) is 91.0 Å². The van der Waals surface area contributed by atoms with Crippen LogP contribution in [0.25, 0.3) is 0 Å². The molecule has 1 aliphatic carbocycles. The smallest absolute Gasteiger partial charge is 0.234 e. The summed E-state index contributed by atoms with van der Waals surface area (Å²) in [5.41, 5.74) is 5.02. The number of carbonyl (C=O) groups excluding carboxylic acids is 1. The first-order chi connectivity index (χ1) is 10.0. The molecule has 0 spiro atoms. The van der Waals surface area contributed by atoms with E-state index in [-0.39, 0.29) is 17.8 Å². The van der Waals surface area contributed by atoms with E-state index in [1.807, 2.05) is 0 Å². The summed E-state index contributed by atoms with van der Waals surface area (Å²) in [6, 6.07) is 0.861. The van der Waals surface area contributed by atoms with Crippen LogP contribution in [0.1, 0.15) is 45.4 Å². The molecule has 2 unspecified atom stereocenters. The first kappa shape index (κ1) is 14.6. The molecule has 2 heterocycles. The Balaban J connectivity index is 1.63. The molecule has 3 aliphatic rings. The molecule has 21 heavy (non-hydrogen) atoms. The van der Waals surface area contributed by atoms with Crippen LogP contribution in [0, 0.1) is 11.3 Å². The number of hydrogen-bond donors (Lipinski definition) is 3. The second-order valence-electron chi connectivity index (χ2n) is 7.11. The molecular formula is C15H26N4O2. The monoisotopic (exact) mass is 294 g/mol. The minimum Gasteiger partial charge on any atom is -0.409 e. The maximum atomic E-state index is 12.7. The number of rotatable bonds is 3. The third-order valence-corrected chi connectivity index (χ3v) is 5.58. The maximum Gasteiger partial charge on any atom is 0.234 e. The van der Waals surface area contributed by atoms with Gasteiger partial charge >= 0.3 is 0 Å². The zero-order valence-corrected chi connectivity index (χ0v) is 12.7. The van der Waals surface area contributed by atoms with Crippen LogP contribution in [-0.2, 0) is 4.79 Å². The fourth-order valence-corrected chi connectivity index (χ4v) is 4.42. The fourth-order valence-electron chi connectivity index (χ4n) is 4.42. The number of amides is 1. The molecule has 4 N–H and O–H groups in total. The Morgan fingerprint density at radius 2 is 2.14 bits per heavy atom. The van der Waals surface area contributed by atoms with Gasteiger partial charge in [-0.15, -0.1) is 0 Å². The highest BCUT2D eigenvalue weighted by Gasteiger charge is 2.52. The van der Waals surface area contributed by atoms with Crippen molar-refractivity contribution in [1.29, 1.82) is 0 Å². The zero-order valence-electron chi connectivity index (χ0n) is 12.7. The summed E-state index contributed by atoms with van der Waals surface area (Å²) in [5, 5.41) is 15.3. The number of nitrogens with zero attached hydrogens (tertiary/aromatic N) is 2. The molecule has 0 aromatic heterocycles. The van der Waals surface area contributed by atoms with E-state index >= 15 is 0 Å². The van der Waals surface area contributed by atoms with Crippen molar-refractivity contribution in [1.82, 2.24) is 10.2 Å². The van der Waals surface area contributed by atoms with Crippen LogP contribution in [0.3, 0.4) is 0 Å². The molecule has 0 bridgehead atoms. The summed E-state index contributed by atoms with van der Waals surface area (Å²) in [5.74, 6) is 0.469. The van der Waals surface area contributed by atoms with Gasteiger partial charge in [0.25, 0.3) is 0 Å². The molecule has 6 nitrogen and oxygen atoms in total. The number of hydrogen-bond acceptors (Lipinski definition) is 4. The summed E-state index contributed by atoms with van der Waals surface area (Å²) in [6.07, 6.45) is 5.91. The van der Waals surface area contributed by atoms with Crippen molar-refractivity contribution in [2.75, 3.05) is 13.1 Å². The summed E-state index contributed by atoms with van der Waals surface area (Å²) >= 11 is 0. The third-order valence-electron chi connectivity index (χ3n) is 5.58. The Morgan fingerprint density at radius 3 is 2.81 bits per heavy atom. The number of piperidine rings is 1. The first-order valence-electron chi connectivity index (χ1n) is 8.08. The molecular weight excluding hydrogens is 268 g/mol. The molecule has 2 saturated heterocycles. The lowest BCUT2D eigenvalue weighted by Gasteiger charge is -2.45. The predicted octanol–water partition coefficient (Wildman–Crippen LogP) is 0.892. The van der Waals surface area contributed by atoms with Crippen molar-refractivity contribution in [3.8, 4) is 0 Å². The Bertz CT molecular complexity index is 445. The van der Waals surface area contributed by atoms with Gasteiger partial charge in [-0.3, -0.25) is 4.79 Å². The number of nitrogens with one attached hydrogen (secondary N) is 1. The molecule has 3 rings (SSSR count). The van der Waals surface area contributed by atoms with Crippen molar-refractivity contribution >= 4 is 11.7 Å². The van der Waals surface area contributed by atoms with Gasteiger partial charge in [0.2, 0.25) is 5.91 Å². The molecule has 0 radical (unpaired) electrons. The Morgan fingerprint density at radius 1 is 1.38 bits per heavy atom. The normalized spacial score (nSPS) is 40.4. The van der Waals surface area contributed by atoms with E-state index in [0.717, 1.165) is 19.4 Å². The average Bonchev–Trinajstić information content (AvgIpc) is 2.90. The van der Waals surface area contributed by atoms with E-state index < -0.39 is 5.41 Å². The lowest BCUT2D eigenvalue weighted by atomic mass is 9.61. The summed E-state index contributed by atoms with van der Waals surface area (Å²) in [6.45, 7) is 4.37. The lowest BCUT2D eigenvalue weighted by Crippen LogP contribution is -2.59. The second-order valence-corrected chi connectivity index (χ2v) is 7.11. The Hall–Kier alpha value is -1.30. The number of amidine groups is 1. The van der Waals surface area contributed by atoms with Crippen LogP contribution in [0.4, 0.5) is 0 Å². The highest BCUT2D eigenvalue weighted by molar-refractivity contribution is 6.07. The van der Waals surface area contributed by atoms with Gasteiger partial charge < -0.3 is 21.2 Å². The molecule has 0 aromatic carbocycles. The van der Waals surface area contributed by atoms with Gasteiger partial charge in [0, 0.05) is 18.6 Å². The fraction of sp³-hybridized carbons (Fsp3) is 0.867. The van der Waals surface area contributed by atoms with Crippen LogP contribution in [0.2, 0.25) is 0 Å². The van der Waals surface area contributed by atoms with Crippen LogP contribution < -0.4 is 11.1 Å². The van der Waals surface area contributed by atoms with Crippen molar-refractivity contribution in [3.63, 3.8) is 0 Å². The molecule has 6 heteroatoms. The predicted molar refractivity (Wildman–Crippen MR) is 80.0 cm³/mol. The first-order valence-corrected chi connectivity index (χ1v) is 8.08. The molecule has 118 valence electrons. The molecule has 2 aliphatic heterocycles. The molecule has 1 saturated carbocycles. The van der Waals surface area contributed by atoms with Gasteiger partial charge in [-0.1, -0.05) is 12.1 Å². The molecule has 3 fully saturated rings. The van der Waals surface area contributed by atoms with E-state index in [2.05, 4.69) is 22.3 Å². The number of nitrogens with two attached hydrogens (primary N) is 1. The highest BCUT2D eigenvalue weighted by Crippen LogP contribution is 2.46. The number of carbonyl (C=O) groups is 1. The summed E-state index contributed by atoms with van der Waals surface area (Å²) in [7, 11) is 0. The third kappa shape index (κ3) is 2.50. The quantitative estimate of drug-likeness (QED) is 0.312. The SMILES string of the molecule is CC1CC(C(=O)NC2CCN3CCCC3C2)(C(N)=NO)C1. The van der Waals surface area contributed by atoms with E-state index in [1.165, 1.54) is 19.4 Å². The van der Waals surface area contributed by atoms with E-state index in [1.54, 1.807) is 0 Å². The minimum atomic E-state index is -0.777. The van der Waals surface area contributed by atoms with Crippen LogP contribution in [-0.4, -0.2) is 47.0 Å². The largest absolute Gasteiger partial charge is 0.409 e. The Kier molecular flexibility index (Phi) is 3.82. The average molecular weight is 294 g/mol. The minimum absolute atomic E-state index is 0.0488. The Labute approximate surface area is 125 Å². The van der Waals surface area contributed by atoms with Gasteiger partial charge in [-0.25, -0.2) is 0 Å². The zero-order chi connectivity index (χ0) is 15.0. The lowest BCUT2D eigenvalue weighted by molar-refractivity contribution is -0.134. The van der Waals surface area contributed by atoms with Gasteiger partial charge in [0.1, 0.15) is 5.41 Å². The second kappa shape index (κ2) is 5.48. The van der Waals surface area contributed by atoms with Crippen LogP contribution in [0.5, 0.6) is 0 Å². The van der Waals surface area contributed by atoms with Crippen LogP contribution in [0.15, 0.2) is 5.16 Å². The molecule has 1 amide bonds. The van der Waals surface area contributed by atoms with E-state index in [9.17, 15) is 4.79 Å². The van der Waals surface area contributed by atoms with Crippen molar-refractivity contribution in [2.45, 2.75) is 57.5 Å². The molecule has 2 atom stereocenters. The van der Waals surface area contributed by atoms with Crippen LogP contribution >= 0.6 is 0 Å². The van der Waals surface area contributed by atoms with Crippen molar-refractivity contribution in [3.05, 3.63) is 0 Å². The number of oxime groups is 1. The van der Waals surface area contributed by atoms with Gasteiger partial charge in [0.05, 0.1) is 0 Å². The molecule has 0 aromatic rings.